The van der Waals surface area contributed by atoms with Crippen molar-refractivity contribution in [3.8, 4) is 17.2 Å². The molecule has 0 aliphatic rings. The van der Waals surface area contributed by atoms with Crippen LogP contribution in [-0.4, -0.2) is 44.8 Å². The molecule has 0 bridgehead atoms. The summed E-state index contributed by atoms with van der Waals surface area (Å²) in [4.78, 5) is 36.4. The van der Waals surface area contributed by atoms with E-state index in [9.17, 15) is 14.4 Å². The van der Waals surface area contributed by atoms with Crippen LogP contribution in [0.15, 0.2) is 71.8 Å². The van der Waals surface area contributed by atoms with Gasteiger partial charge in [-0.1, -0.05) is 23.7 Å². The van der Waals surface area contributed by atoms with Gasteiger partial charge in [0.1, 0.15) is 5.75 Å². The molecule has 0 fully saturated rings. The zero-order valence-electron chi connectivity index (χ0n) is 18.9. The third kappa shape index (κ3) is 7.05. The minimum atomic E-state index is -0.570. The lowest BCUT2D eigenvalue weighted by Gasteiger charge is -2.09. The van der Waals surface area contributed by atoms with Gasteiger partial charge in [0.15, 0.2) is 11.5 Å². The number of amides is 2. The van der Waals surface area contributed by atoms with Crippen molar-refractivity contribution < 1.29 is 28.6 Å². The van der Waals surface area contributed by atoms with Crippen LogP contribution in [0.3, 0.4) is 0 Å². The van der Waals surface area contributed by atoms with Crippen molar-refractivity contribution in [3.63, 3.8) is 0 Å². The van der Waals surface area contributed by atoms with Gasteiger partial charge in [-0.15, -0.1) is 0 Å². The van der Waals surface area contributed by atoms with Crippen molar-refractivity contribution in [2.45, 2.75) is 0 Å². The van der Waals surface area contributed by atoms with Crippen LogP contribution in [0.2, 0.25) is 5.02 Å². The second-order valence-corrected chi connectivity index (χ2v) is 7.39. The van der Waals surface area contributed by atoms with Crippen LogP contribution in [0.4, 0.5) is 0 Å². The fourth-order valence-electron chi connectivity index (χ4n) is 2.87. The maximum Gasteiger partial charge on any atom is 0.345 e. The summed E-state index contributed by atoms with van der Waals surface area (Å²) in [5.74, 6) is -0.317. The van der Waals surface area contributed by atoms with Gasteiger partial charge in [0.2, 0.25) is 0 Å². The summed E-state index contributed by atoms with van der Waals surface area (Å²) >= 11 is 6.00. The Morgan fingerprint density at radius 2 is 1.66 bits per heavy atom. The summed E-state index contributed by atoms with van der Waals surface area (Å²) in [5.41, 5.74) is 3.55. The Balaban J connectivity index is 1.47. The van der Waals surface area contributed by atoms with E-state index in [1.54, 1.807) is 60.7 Å². The van der Waals surface area contributed by atoms with Crippen LogP contribution in [0.5, 0.6) is 17.2 Å². The second-order valence-electron chi connectivity index (χ2n) is 6.98. The zero-order valence-corrected chi connectivity index (χ0v) is 19.7. The molecule has 3 aromatic rings. The highest BCUT2D eigenvalue weighted by molar-refractivity contribution is 6.33. The number of nitrogens with zero attached hydrogens (tertiary/aromatic N) is 1. The molecule has 0 saturated heterocycles. The first-order valence-electron chi connectivity index (χ1n) is 10.3. The van der Waals surface area contributed by atoms with E-state index in [2.05, 4.69) is 15.8 Å². The molecule has 2 amide bonds. The first-order valence-corrected chi connectivity index (χ1v) is 10.7. The molecule has 2 N–H and O–H groups in total. The Labute approximate surface area is 206 Å². The van der Waals surface area contributed by atoms with Crippen LogP contribution >= 0.6 is 11.6 Å². The molecule has 0 atom stereocenters. The van der Waals surface area contributed by atoms with Crippen LogP contribution in [0, 0.1) is 0 Å². The predicted octanol–water partition coefficient (Wildman–Crippen LogP) is 3.46. The van der Waals surface area contributed by atoms with Gasteiger partial charge in [0.25, 0.3) is 11.8 Å². The molecular formula is C25H22ClN3O6. The fourth-order valence-corrected chi connectivity index (χ4v) is 3.08. The number of hydrogen-bond acceptors (Lipinski definition) is 7. The van der Waals surface area contributed by atoms with Crippen molar-refractivity contribution in [2.24, 2.45) is 5.10 Å². The molecule has 180 valence electrons. The van der Waals surface area contributed by atoms with Crippen molar-refractivity contribution in [1.82, 2.24) is 10.7 Å². The quantitative estimate of drug-likeness (QED) is 0.203. The summed E-state index contributed by atoms with van der Waals surface area (Å²) < 4.78 is 15.6. The Morgan fingerprint density at radius 1 is 0.943 bits per heavy atom. The van der Waals surface area contributed by atoms with Crippen LogP contribution in [-0.2, 0) is 4.79 Å². The molecule has 0 unspecified atom stereocenters. The third-order valence-electron chi connectivity index (χ3n) is 4.64. The number of ether oxygens (including phenoxy) is 3. The minimum absolute atomic E-state index is 0.265. The average Bonchev–Trinajstić information content (AvgIpc) is 2.88. The number of rotatable bonds is 9. The lowest BCUT2D eigenvalue weighted by atomic mass is 10.2. The number of nitrogens with one attached hydrogen (secondary N) is 2. The van der Waals surface area contributed by atoms with E-state index >= 15 is 0 Å². The molecule has 35 heavy (non-hydrogen) atoms. The molecule has 0 radical (unpaired) electrons. The molecule has 0 saturated carbocycles. The van der Waals surface area contributed by atoms with E-state index in [4.69, 9.17) is 25.8 Å². The Kier molecular flexibility index (Phi) is 8.80. The molecule has 10 heteroatoms. The van der Waals surface area contributed by atoms with Gasteiger partial charge >= 0.3 is 5.97 Å². The molecular weight excluding hydrogens is 474 g/mol. The molecule has 0 aliphatic carbocycles. The Hall–Kier alpha value is -4.37. The van der Waals surface area contributed by atoms with Gasteiger partial charge in [0.05, 0.1) is 37.6 Å². The summed E-state index contributed by atoms with van der Waals surface area (Å²) in [6, 6.07) is 17.7. The number of esters is 1. The first-order chi connectivity index (χ1) is 16.9. The highest BCUT2D eigenvalue weighted by Gasteiger charge is 2.13. The van der Waals surface area contributed by atoms with E-state index in [-0.39, 0.29) is 12.1 Å². The normalized spacial score (nSPS) is 10.5. The SMILES string of the molecule is COc1ccc(C(=O)NCC(=O)N/N=C/c2ccc(OC(=O)c3ccccc3Cl)cc2)cc1OC. The van der Waals surface area contributed by atoms with Crippen LogP contribution in [0.1, 0.15) is 26.3 Å². The van der Waals surface area contributed by atoms with Gasteiger partial charge in [-0.25, -0.2) is 10.2 Å². The summed E-state index contributed by atoms with van der Waals surface area (Å²) in [7, 11) is 2.96. The molecule has 9 nitrogen and oxygen atoms in total. The van der Waals surface area contributed by atoms with E-state index in [0.717, 1.165) is 0 Å². The van der Waals surface area contributed by atoms with Gasteiger partial charge in [-0.05, 0) is 60.2 Å². The first kappa shape index (κ1) is 25.3. The standard InChI is InChI=1S/C25H22ClN3O6/c1-33-21-12-9-17(13-22(21)34-2)24(31)27-15-23(30)29-28-14-16-7-10-18(11-8-16)35-25(32)19-5-3-4-6-20(19)26/h3-14H,15H2,1-2H3,(H,27,31)(H,29,30)/b28-14+. The molecule has 3 rings (SSSR count). The Morgan fingerprint density at radius 3 is 2.34 bits per heavy atom. The highest BCUT2D eigenvalue weighted by atomic mass is 35.5. The van der Waals surface area contributed by atoms with E-state index in [0.29, 0.717) is 33.4 Å². The summed E-state index contributed by atoms with van der Waals surface area (Å²) in [5, 5.41) is 6.66. The molecule has 0 aliphatic heterocycles. The predicted molar refractivity (Wildman–Crippen MR) is 130 cm³/mol. The number of hydrogen-bond donors (Lipinski definition) is 2. The van der Waals surface area contributed by atoms with Gasteiger partial charge in [0, 0.05) is 5.56 Å². The topological polar surface area (TPSA) is 115 Å². The lowest BCUT2D eigenvalue weighted by molar-refractivity contribution is -0.120. The van der Waals surface area contributed by atoms with E-state index in [1.807, 2.05) is 0 Å². The largest absolute Gasteiger partial charge is 0.493 e. The van der Waals surface area contributed by atoms with Crippen molar-refractivity contribution in [1.29, 1.82) is 0 Å². The molecule has 0 aromatic heterocycles. The smallest absolute Gasteiger partial charge is 0.345 e. The van der Waals surface area contributed by atoms with Crippen LogP contribution in [0.25, 0.3) is 0 Å². The number of benzene rings is 3. The molecule has 3 aromatic carbocycles. The maximum atomic E-state index is 12.3. The van der Waals surface area contributed by atoms with Crippen LogP contribution < -0.4 is 25.0 Å². The monoisotopic (exact) mass is 495 g/mol. The fraction of sp³-hybridized carbons (Fsp3) is 0.120. The van der Waals surface area contributed by atoms with Crippen molar-refractivity contribution in [2.75, 3.05) is 20.8 Å². The summed E-state index contributed by atoms with van der Waals surface area (Å²) in [6.45, 7) is -0.276. The second kappa shape index (κ2) is 12.2. The number of halogens is 1. The van der Waals surface area contributed by atoms with Gasteiger partial charge in [-0.3, -0.25) is 9.59 Å². The molecule has 0 spiro atoms. The molecule has 0 heterocycles. The number of carbonyl (C=O) groups is 3. The van der Waals surface area contributed by atoms with Gasteiger partial charge in [-0.2, -0.15) is 5.10 Å². The third-order valence-corrected chi connectivity index (χ3v) is 4.97. The Bertz CT molecular complexity index is 1240. The van der Waals surface area contributed by atoms with Gasteiger partial charge < -0.3 is 19.5 Å². The average molecular weight is 496 g/mol. The lowest BCUT2D eigenvalue weighted by Crippen LogP contribution is -2.34. The van der Waals surface area contributed by atoms with E-state index in [1.165, 1.54) is 26.5 Å². The van der Waals surface area contributed by atoms with Crippen molar-refractivity contribution >= 4 is 35.6 Å². The van der Waals surface area contributed by atoms with E-state index < -0.39 is 17.8 Å². The number of hydrazone groups is 1. The minimum Gasteiger partial charge on any atom is -0.493 e. The number of carbonyl (C=O) groups excluding carboxylic acids is 3. The number of methoxy groups -OCH3 is 2. The maximum absolute atomic E-state index is 12.3. The highest BCUT2D eigenvalue weighted by Crippen LogP contribution is 2.27. The summed E-state index contributed by atoms with van der Waals surface area (Å²) in [6.07, 6.45) is 1.41. The van der Waals surface area contributed by atoms with Crippen molar-refractivity contribution in [3.05, 3.63) is 88.4 Å². The zero-order chi connectivity index (χ0) is 25.2.